The summed E-state index contributed by atoms with van der Waals surface area (Å²) in [5.41, 5.74) is 17.1. The lowest BCUT2D eigenvalue weighted by atomic mass is 10.0. The summed E-state index contributed by atoms with van der Waals surface area (Å²) in [6.07, 6.45) is 4.86. The molecule has 0 unspecified atom stereocenters. The fourth-order valence-electron chi connectivity index (χ4n) is 3.97. The summed E-state index contributed by atoms with van der Waals surface area (Å²) in [4.78, 5) is 17.5. The Labute approximate surface area is 204 Å². The highest BCUT2D eigenvalue weighted by atomic mass is 16.5. The highest BCUT2D eigenvalue weighted by molar-refractivity contribution is 5.95. The molecular weight excluding hydrogens is 442 g/mol. The Morgan fingerprint density at radius 3 is 2.54 bits per heavy atom. The number of nitrogens with one attached hydrogen (secondary N) is 1. The second-order valence-corrected chi connectivity index (χ2v) is 8.82. The summed E-state index contributed by atoms with van der Waals surface area (Å²) >= 11 is 0. The van der Waals surface area contributed by atoms with Crippen molar-refractivity contribution in [2.24, 2.45) is 0 Å². The van der Waals surface area contributed by atoms with E-state index in [1.165, 1.54) is 0 Å². The first-order chi connectivity index (χ1) is 16.8. The fourth-order valence-corrected chi connectivity index (χ4v) is 3.97. The first kappa shape index (κ1) is 24.1. The zero-order chi connectivity index (χ0) is 24.9. The monoisotopic (exact) mass is 473 g/mol. The van der Waals surface area contributed by atoms with Gasteiger partial charge in [-0.25, -0.2) is 4.98 Å². The number of pyridine rings is 1. The molecule has 8 heteroatoms. The predicted molar refractivity (Wildman–Crippen MR) is 138 cm³/mol. The maximum absolute atomic E-state index is 12.8. The summed E-state index contributed by atoms with van der Waals surface area (Å²) in [5, 5.41) is 12.6. The number of benzene rings is 2. The van der Waals surface area contributed by atoms with E-state index in [2.05, 4.69) is 10.3 Å². The third kappa shape index (κ3) is 5.73. The van der Waals surface area contributed by atoms with Gasteiger partial charge in [-0.15, -0.1) is 0 Å². The smallest absolute Gasteiger partial charge is 0.251 e. The van der Waals surface area contributed by atoms with Gasteiger partial charge < -0.3 is 31.0 Å². The van der Waals surface area contributed by atoms with Crippen LogP contribution >= 0.6 is 0 Å². The maximum Gasteiger partial charge on any atom is 0.251 e. The minimum Gasteiger partial charge on any atom is -0.489 e. The van der Waals surface area contributed by atoms with Crippen molar-refractivity contribution in [2.75, 3.05) is 18.1 Å². The van der Waals surface area contributed by atoms with E-state index in [1.54, 1.807) is 18.2 Å². The van der Waals surface area contributed by atoms with Gasteiger partial charge in [0.1, 0.15) is 5.75 Å². The van der Waals surface area contributed by atoms with Crippen molar-refractivity contribution < 1.29 is 14.6 Å². The molecule has 182 valence electrons. The molecule has 8 nitrogen and oxygen atoms in total. The number of anilines is 2. The van der Waals surface area contributed by atoms with E-state index < -0.39 is 0 Å². The molecule has 0 bridgehead atoms. The number of hydrogen-bond donors (Lipinski definition) is 4. The van der Waals surface area contributed by atoms with E-state index in [0.29, 0.717) is 35.5 Å². The van der Waals surface area contributed by atoms with Gasteiger partial charge in [0.2, 0.25) is 0 Å². The molecule has 4 rings (SSSR count). The lowest BCUT2D eigenvalue weighted by Gasteiger charge is -2.19. The van der Waals surface area contributed by atoms with E-state index >= 15 is 0 Å². The molecule has 2 aromatic heterocycles. The Morgan fingerprint density at radius 2 is 1.89 bits per heavy atom. The minimum absolute atomic E-state index is 0.0110. The Kier molecular flexibility index (Phi) is 7.22. The number of aliphatic hydroxyl groups is 1. The molecule has 0 aliphatic heterocycles. The Hall–Kier alpha value is -4.04. The van der Waals surface area contributed by atoms with Gasteiger partial charge in [0.15, 0.2) is 5.65 Å². The Morgan fingerprint density at radius 1 is 1.11 bits per heavy atom. The number of amides is 1. The maximum atomic E-state index is 12.8. The highest BCUT2D eigenvalue weighted by Crippen LogP contribution is 2.25. The second-order valence-electron chi connectivity index (χ2n) is 8.82. The number of rotatable bonds is 9. The van der Waals surface area contributed by atoms with E-state index in [0.717, 1.165) is 22.5 Å². The van der Waals surface area contributed by atoms with Crippen molar-refractivity contribution in [2.45, 2.75) is 38.8 Å². The lowest BCUT2D eigenvalue weighted by molar-refractivity contribution is 0.0930. The summed E-state index contributed by atoms with van der Waals surface area (Å²) in [6.45, 7) is 3.80. The van der Waals surface area contributed by atoms with Crippen LogP contribution in [0, 0.1) is 0 Å². The quantitative estimate of drug-likeness (QED) is 0.275. The molecule has 35 heavy (non-hydrogen) atoms. The number of carbonyl (C=O) groups is 1. The van der Waals surface area contributed by atoms with Crippen LogP contribution in [0.1, 0.15) is 36.2 Å². The van der Waals surface area contributed by atoms with Gasteiger partial charge in [-0.05, 0) is 62.6 Å². The summed E-state index contributed by atoms with van der Waals surface area (Å²) < 4.78 is 7.54. The van der Waals surface area contributed by atoms with Crippen molar-refractivity contribution in [1.82, 2.24) is 14.7 Å². The van der Waals surface area contributed by atoms with Crippen LogP contribution < -0.4 is 21.5 Å². The first-order valence-corrected chi connectivity index (χ1v) is 11.6. The molecule has 1 atom stereocenters. The normalized spacial score (nSPS) is 12.1. The van der Waals surface area contributed by atoms with Gasteiger partial charge in [0.25, 0.3) is 5.91 Å². The number of aliphatic hydroxyl groups excluding tert-OH is 1. The average molecular weight is 474 g/mol. The molecular formula is C27H31N5O3. The van der Waals surface area contributed by atoms with Gasteiger partial charge in [-0.2, -0.15) is 0 Å². The minimum atomic E-state index is -0.245. The number of hydrogen-bond acceptors (Lipinski definition) is 6. The van der Waals surface area contributed by atoms with Crippen LogP contribution in [0.4, 0.5) is 11.4 Å². The summed E-state index contributed by atoms with van der Waals surface area (Å²) in [6, 6.07) is 16.5. The zero-order valence-corrected chi connectivity index (χ0v) is 19.9. The number of nitrogen functional groups attached to an aromatic ring is 2. The largest absolute Gasteiger partial charge is 0.489 e. The first-order valence-electron chi connectivity index (χ1n) is 11.6. The molecule has 0 fully saturated rings. The lowest BCUT2D eigenvalue weighted by Crippen LogP contribution is -2.37. The van der Waals surface area contributed by atoms with Crippen LogP contribution in [0.25, 0.3) is 16.9 Å². The number of nitrogens with two attached hydrogens (primary N) is 2. The average Bonchev–Trinajstić information content (AvgIpc) is 3.26. The summed E-state index contributed by atoms with van der Waals surface area (Å²) in [7, 11) is 0. The number of ether oxygens (including phenoxy) is 1. The molecule has 1 amide bonds. The zero-order valence-electron chi connectivity index (χ0n) is 19.9. The molecule has 0 saturated carbocycles. The van der Waals surface area contributed by atoms with Crippen LogP contribution in [-0.4, -0.2) is 39.2 Å². The van der Waals surface area contributed by atoms with E-state index in [9.17, 15) is 9.90 Å². The topological polar surface area (TPSA) is 128 Å². The molecule has 0 radical (unpaired) electrons. The number of aromatic nitrogens is 2. The molecule has 0 aliphatic rings. The molecule has 0 saturated heterocycles. The van der Waals surface area contributed by atoms with Crippen molar-refractivity contribution in [3.8, 4) is 17.0 Å². The second kappa shape index (κ2) is 10.5. The Bertz CT molecular complexity index is 1310. The Balaban J connectivity index is 1.44. The molecule has 0 spiro atoms. The predicted octanol–water partition coefficient (Wildman–Crippen LogP) is 3.68. The molecule has 6 N–H and O–H groups in total. The number of fused-ring (bicyclic) bond motifs is 1. The van der Waals surface area contributed by atoms with Crippen molar-refractivity contribution in [3.63, 3.8) is 0 Å². The highest BCUT2D eigenvalue weighted by Gasteiger charge is 2.16. The van der Waals surface area contributed by atoms with Crippen LogP contribution in [0.3, 0.4) is 0 Å². The van der Waals surface area contributed by atoms with Gasteiger partial charge in [-0.1, -0.05) is 24.3 Å². The third-order valence-corrected chi connectivity index (χ3v) is 5.69. The summed E-state index contributed by atoms with van der Waals surface area (Å²) in [5.74, 6) is 0.307. The van der Waals surface area contributed by atoms with E-state index in [4.69, 9.17) is 16.2 Å². The molecule has 2 heterocycles. The SMILES string of the molecule is CC(C)Oc1ccc(C(=O)N[C@H](CCO)Cc2ccc(-c3cn4cccc(N)c4n3)cc2)cc1N. The van der Waals surface area contributed by atoms with E-state index in [-0.39, 0.29) is 24.7 Å². The number of carbonyl (C=O) groups excluding carboxylic acids is 1. The van der Waals surface area contributed by atoms with Gasteiger partial charge in [-0.3, -0.25) is 4.79 Å². The van der Waals surface area contributed by atoms with Gasteiger partial charge in [0.05, 0.1) is 23.2 Å². The van der Waals surface area contributed by atoms with Crippen molar-refractivity contribution >= 4 is 22.9 Å². The van der Waals surface area contributed by atoms with Crippen LogP contribution in [-0.2, 0) is 6.42 Å². The molecule has 2 aromatic carbocycles. The van der Waals surface area contributed by atoms with Gasteiger partial charge >= 0.3 is 0 Å². The van der Waals surface area contributed by atoms with Crippen LogP contribution in [0.15, 0.2) is 67.0 Å². The molecule has 0 aliphatic carbocycles. The third-order valence-electron chi connectivity index (χ3n) is 5.69. The van der Waals surface area contributed by atoms with Crippen LogP contribution in [0.5, 0.6) is 5.75 Å². The standard InChI is InChI=1S/C27H31N5O3/c1-17(2)35-25-10-9-20(15-23(25)29)27(34)30-21(11-13-33)14-18-5-7-19(8-6-18)24-16-32-12-3-4-22(28)26(32)31-24/h3-10,12,15-17,21,33H,11,13-14,28-29H2,1-2H3,(H,30,34)/t21-/m1/s1. The van der Waals surface area contributed by atoms with Crippen LogP contribution in [0.2, 0.25) is 0 Å². The van der Waals surface area contributed by atoms with Gasteiger partial charge in [0, 0.05) is 36.2 Å². The molecule has 4 aromatic rings. The van der Waals surface area contributed by atoms with E-state index in [1.807, 2.05) is 67.0 Å². The number of nitrogens with zero attached hydrogens (tertiary/aromatic N) is 2. The number of imidazole rings is 1. The van der Waals surface area contributed by atoms with Crippen molar-refractivity contribution in [3.05, 3.63) is 78.1 Å². The van der Waals surface area contributed by atoms with Crippen molar-refractivity contribution in [1.29, 1.82) is 0 Å². The fraction of sp³-hybridized carbons (Fsp3) is 0.259.